The molecule has 6 nitrogen and oxygen atoms in total. The van der Waals surface area contributed by atoms with Crippen LogP contribution in [-0.4, -0.2) is 48.4 Å². The monoisotopic (exact) mass is 453 g/mol. The molecule has 3 rings (SSSR count). The summed E-state index contributed by atoms with van der Waals surface area (Å²) in [6, 6.07) is 19.9. The molecule has 1 amide bonds. The molecule has 2 aromatic rings. The topological polar surface area (TPSA) is 76.1 Å². The van der Waals surface area contributed by atoms with E-state index in [1.165, 1.54) is 0 Å². The fraction of sp³-hybridized carbons (Fsp3) is 0.481. The first-order chi connectivity index (χ1) is 16.1. The molecule has 33 heavy (non-hydrogen) atoms. The maximum Gasteiger partial charge on any atom is 0.410 e. The molecule has 1 aliphatic carbocycles. The third-order valence-corrected chi connectivity index (χ3v) is 6.15. The van der Waals surface area contributed by atoms with Gasteiger partial charge in [0.15, 0.2) is 0 Å². The quantitative estimate of drug-likeness (QED) is 0.484. The first-order valence-electron chi connectivity index (χ1n) is 11.9. The van der Waals surface area contributed by atoms with E-state index in [0.717, 1.165) is 43.2 Å². The Bertz CT molecular complexity index is 818. The van der Waals surface area contributed by atoms with Gasteiger partial charge in [-0.25, -0.2) is 9.59 Å². The van der Waals surface area contributed by atoms with E-state index in [2.05, 4.69) is 31.2 Å². The van der Waals surface area contributed by atoms with Gasteiger partial charge in [0.2, 0.25) is 0 Å². The van der Waals surface area contributed by atoms with Crippen LogP contribution in [0.3, 0.4) is 0 Å². The molecule has 0 radical (unpaired) electrons. The molecule has 1 saturated carbocycles. The molecule has 1 aliphatic rings. The van der Waals surface area contributed by atoms with Crippen molar-refractivity contribution in [3.63, 3.8) is 0 Å². The first-order valence-corrected chi connectivity index (χ1v) is 11.9. The Morgan fingerprint density at radius 2 is 1.55 bits per heavy atom. The van der Waals surface area contributed by atoms with E-state index >= 15 is 0 Å². The summed E-state index contributed by atoms with van der Waals surface area (Å²) in [6.07, 6.45) is 4.50. The number of hydrogen-bond donors (Lipinski definition) is 1. The summed E-state index contributed by atoms with van der Waals surface area (Å²) < 4.78 is 11.2. The van der Waals surface area contributed by atoms with Crippen LogP contribution in [0.2, 0.25) is 0 Å². The first kappa shape index (κ1) is 24.8. The molecule has 0 aromatic heterocycles. The zero-order valence-electron chi connectivity index (χ0n) is 19.4. The maximum atomic E-state index is 13.3. The zero-order chi connectivity index (χ0) is 23.5. The van der Waals surface area contributed by atoms with Crippen LogP contribution in [0.25, 0.3) is 0 Å². The minimum absolute atomic E-state index is 0.205. The second-order valence-electron chi connectivity index (χ2n) is 8.80. The fourth-order valence-electron chi connectivity index (χ4n) is 4.68. The largest absolute Gasteiger partial charge is 0.480 e. The van der Waals surface area contributed by atoms with Gasteiger partial charge in [-0.15, -0.1) is 0 Å². The lowest BCUT2D eigenvalue weighted by atomic mass is 9.82. The van der Waals surface area contributed by atoms with Crippen molar-refractivity contribution in [1.82, 2.24) is 4.90 Å². The van der Waals surface area contributed by atoms with Crippen LogP contribution in [0.15, 0.2) is 60.7 Å². The Labute approximate surface area is 196 Å². The van der Waals surface area contributed by atoms with E-state index < -0.39 is 5.97 Å². The molecule has 0 aliphatic heterocycles. The number of benzene rings is 2. The molecule has 2 unspecified atom stereocenters. The molecular weight excluding hydrogens is 418 g/mol. The maximum absolute atomic E-state index is 13.3. The highest BCUT2D eigenvalue weighted by Crippen LogP contribution is 2.32. The van der Waals surface area contributed by atoms with Crippen LogP contribution in [-0.2, 0) is 14.3 Å². The van der Waals surface area contributed by atoms with Crippen molar-refractivity contribution in [3.8, 4) is 0 Å². The van der Waals surface area contributed by atoms with Crippen molar-refractivity contribution in [3.05, 3.63) is 71.8 Å². The van der Waals surface area contributed by atoms with Crippen LogP contribution in [0, 0.1) is 11.8 Å². The second kappa shape index (κ2) is 13.0. The molecule has 0 heterocycles. The molecule has 0 saturated heterocycles. The highest BCUT2D eigenvalue weighted by Gasteiger charge is 2.29. The number of hydrogen-bond acceptors (Lipinski definition) is 4. The zero-order valence-corrected chi connectivity index (χ0v) is 19.4. The van der Waals surface area contributed by atoms with Gasteiger partial charge in [0, 0.05) is 6.54 Å². The second-order valence-corrected chi connectivity index (χ2v) is 8.80. The number of amides is 1. The standard InChI is InChI=1S/C27H35NO5/c1-2-16-28(26(23-12-5-3-6-13-23)24-14-7-4-8-15-24)27(31)33-19-22-11-9-10-21(17-22)18-32-20-25(29)30/h3-8,12-15,21-22,26H,2,9-11,16-20H2,1H3,(H,29,30). The summed E-state index contributed by atoms with van der Waals surface area (Å²) in [7, 11) is 0. The van der Waals surface area contributed by atoms with Gasteiger partial charge < -0.3 is 14.6 Å². The van der Waals surface area contributed by atoms with Gasteiger partial charge in [0.05, 0.1) is 19.3 Å². The lowest BCUT2D eigenvalue weighted by molar-refractivity contribution is -0.142. The Balaban J connectivity index is 1.65. The number of carboxylic acid groups (broad SMARTS) is 1. The number of carboxylic acids is 1. The number of ether oxygens (including phenoxy) is 2. The van der Waals surface area contributed by atoms with Gasteiger partial charge in [0.1, 0.15) is 6.61 Å². The molecular formula is C27H35NO5. The van der Waals surface area contributed by atoms with Gasteiger partial charge in [-0.05, 0) is 48.6 Å². The third kappa shape index (κ3) is 7.60. The Morgan fingerprint density at radius 3 is 2.09 bits per heavy atom. The Hall–Kier alpha value is -2.86. The van der Waals surface area contributed by atoms with Gasteiger partial charge >= 0.3 is 12.1 Å². The lowest BCUT2D eigenvalue weighted by Gasteiger charge is -2.33. The summed E-state index contributed by atoms with van der Waals surface area (Å²) in [5, 5.41) is 8.76. The third-order valence-electron chi connectivity index (χ3n) is 6.15. The van der Waals surface area contributed by atoms with Crippen LogP contribution >= 0.6 is 0 Å². The van der Waals surface area contributed by atoms with E-state index in [0.29, 0.717) is 25.7 Å². The van der Waals surface area contributed by atoms with E-state index in [1.807, 2.05) is 41.3 Å². The minimum atomic E-state index is -0.946. The van der Waals surface area contributed by atoms with Crippen LogP contribution in [0.5, 0.6) is 0 Å². The number of carbonyl (C=O) groups is 2. The normalized spacial score (nSPS) is 18.1. The van der Waals surface area contributed by atoms with E-state index in [4.69, 9.17) is 14.6 Å². The molecule has 1 N–H and O–H groups in total. The number of carbonyl (C=O) groups excluding carboxylic acids is 1. The lowest BCUT2D eigenvalue weighted by Crippen LogP contribution is -2.37. The summed E-state index contributed by atoms with van der Waals surface area (Å²) in [4.78, 5) is 25.8. The van der Waals surface area contributed by atoms with Crippen LogP contribution < -0.4 is 0 Å². The summed E-state index contributed by atoms with van der Waals surface area (Å²) in [6.45, 7) is 3.23. The average Bonchev–Trinajstić information content (AvgIpc) is 2.84. The van der Waals surface area contributed by atoms with Crippen molar-refractivity contribution < 1.29 is 24.2 Å². The number of rotatable bonds is 11. The van der Waals surface area contributed by atoms with E-state index in [1.54, 1.807) is 0 Å². The average molecular weight is 454 g/mol. The van der Waals surface area contributed by atoms with Gasteiger partial charge in [-0.3, -0.25) is 4.90 Å². The molecule has 2 atom stereocenters. The Morgan fingerprint density at radius 1 is 0.970 bits per heavy atom. The van der Waals surface area contributed by atoms with E-state index in [9.17, 15) is 9.59 Å². The highest BCUT2D eigenvalue weighted by molar-refractivity contribution is 5.69. The van der Waals surface area contributed by atoms with Gasteiger partial charge in [0.25, 0.3) is 0 Å². The van der Waals surface area contributed by atoms with Gasteiger partial charge in [-0.1, -0.05) is 74.0 Å². The van der Waals surface area contributed by atoms with Crippen LogP contribution in [0.4, 0.5) is 4.79 Å². The minimum Gasteiger partial charge on any atom is -0.480 e. The SMILES string of the molecule is CCCN(C(=O)OCC1CCCC(COCC(=O)O)C1)C(c1ccccc1)c1ccccc1. The molecule has 1 fully saturated rings. The van der Waals surface area contributed by atoms with Crippen LogP contribution in [0.1, 0.15) is 56.2 Å². The van der Waals surface area contributed by atoms with Crippen molar-refractivity contribution in [2.24, 2.45) is 11.8 Å². The number of aliphatic carboxylic acids is 1. The highest BCUT2D eigenvalue weighted by atomic mass is 16.6. The summed E-state index contributed by atoms with van der Waals surface area (Å²) >= 11 is 0. The van der Waals surface area contributed by atoms with Gasteiger partial charge in [-0.2, -0.15) is 0 Å². The van der Waals surface area contributed by atoms with Crippen molar-refractivity contribution >= 4 is 12.1 Å². The van der Waals surface area contributed by atoms with Crippen molar-refractivity contribution in [1.29, 1.82) is 0 Å². The molecule has 0 spiro atoms. The van der Waals surface area contributed by atoms with Crippen molar-refractivity contribution in [2.75, 3.05) is 26.4 Å². The molecule has 178 valence electrons. The fourth-order valence-corrected chi connectivity index (χ4v) is 4.68. The van der Waals surface area contributed by atoms with Crippen molar-refractivity contribution in [2.45, 2.75) is 45.1 Å². The Kier molecular flexibility index (Phi) is 9.76. The predicted octanol–water partition coefficient (Wildman–Crippen LogP) is 5.53. The predicted molar refractivity (Wildman–Crippen MR) is 127 cm³/mol. The molecule has 2 aromatic carbocycles. The smallest absolute Gasteiger partial charge is 0.410 e. The molecule has 0 bridgehead atoms. The number of nitrogens with zero attached hydrogens (tertiary/aromatic N) is 1. The molecule has 6 heteroatoms. The summed E-state index contributed by atoms with van der Waals surface area (Å²) in [5.74, 6) is -0.356. The van der Waals surface area contributed by atoms with E-state index in [-0.39, 0.29) is 24.7 Å². The summed E-state index contributed by atoms with van der Waals surface area (Å²) in [5.41, 5.74) is 2.12.